The van der Waals surface area contributed by atoms with Crippen molar-refractivity contribution in [2.24, 2.45) is 0 Å². The Labute approximate surface area is 193 Å². The van der Waals surface area contributed by atoms with E-state index in [0.717, 1.165) is 11.3 Å². The maximum Gasteiger partial charge on any atom is 0.257 e. The highest BCUT2D eigenvalue weighted by atomic mass is 35.5. The maximum absolute atomic E-state index is 13.0. The van der Waals surface area contributed by atoms with E-state index < -0.39 is 0 Å². The molecule has 1 amide bonds. The standard InChI is InChI=1S/C24H23ClN4O2.CH4/c1-15(26)16-4-6-17(7-5-16)22(30)12-18-8-10-20(29(2)3)13-21(18)24(31)28-23-11-9-19(25)14-27-23;/h4-11,13-14,26H,12H2,1-3H3,(H,27,28,31);1H4. The molecule has 3 aromatic rings. The smallest absolute Gasteiger partial charge is 0.257 e. The van der Waals surface area contributed by atoms with Crippen LogP contribution in [0.1, 0.15) is 46.2 Å². The van der Waals surface area contributed by atoms with E-state index in [9.17, 15) is 9.59 Å². The molecule has 0 saturated carbocycles. The number of hydrogen-bond acceptors (Lipinski definition) is 5. The lowest BCUT2D eigenvalue weighted by atomic mass is 9.96. The molecule has 1 aromatic heterocycles. The van der Waals surface area contributed by atoms with E-state index >= 15 is 0 Å². The van der Waals surface area contributed by atoms with Crippen LogP contribution in [0.25, 0.3) is 0 Å². The molecule has 0 radical (unpaired) electrons. The Balaban J connectivity index is 0.00000363. The predicted molar refractivity (Wildman–Crippen MR) is 132 cm³/mol. The summed E-state index contributed by atoms with van der Waals surface area (Å²) in [6.07, 6.45) is 1.53. The van der Waals surface area contributed by atoms with Gasteiger partial charge >= 0.3 is 0 Å². The molecule has 2 N–H and O–H groups in total. The minimum absolute atomic E-state index is 0. The summed E-state index contributed by atoms with van der Waals surface area (Å²) in [6.45, 7) is 1.70. The van der Waals surface area contributed by atoms with E-state index in [0.29, 0.717) is 33.2 Å². The van der Waals surface area contributed by atoms with Crippen LogP contribution in [-0.4, -0.2) is 36.5 Å². The van der Waals surface area contributed by atoms with Crippen LogP contribution in [0, 0.1) is 5.41 Å². The molecule has 0 aliphatic heterocycles. The fraction of sp³-hybridized carbons (Fsp3) is 0.200. The number of nitrogens with zero attached hydrogens (tertiary/aromatic N) is 2. The van der Waals surface area contributed by atoms with Gasteiger partial charge in [-0.2, -0.15) is 0 Å². The van der Waals surface area contributed by atoms with Crippen LogP contribution in [0.3, 0.4) is 0 Å². The summed E-state index contributed by atoms with van der Waals surface area (Å²) in [5.41, 5.74) is 3.61. The van der Waals surface area contributed by atoms with Crippen molar-refractivity contribution >= 4 is 40.5 Å². The van der Waals surface area contributed by atoms with Gasteiger partial charge in [-0.15, -0.1) is 0 Å². The number of aromatic nitrogens is 1. The first kappa shape index (κ1) is 24.8. The van der Waals surface area contributed by atoms with E-state index in [2.05, 4.69) is 10.3 Å². The molecular formula is C25H27ClN4O2. The van der Waals surface area contributed by atoms with Gasteiger partial charge in [-0.25, -0.2) is 4.98 Å². The molecule has 166 valence electrons. The quantitative estimate of drug-likeness (QED) is 0.367. The molecule has 0 unspecified atom stereocenters. The summed E-state index contributed by atoms with van der Waals surface area (Å²) in [6, 6.07) is 15.6. The number of carbonyl (C=O) groups excluding carboxylic acids is 2. The highest BCUT2D eigenvalue weighted by molar-refractivity contribution is 6.30. The van der Waals surface area contributed by atoms with Gasteiger partial charge in [-0.3, -0.25) is 9.59 Å². The van der Waals surface area contributed by atoms with Crippen molar-refractivity contribution in [2.75, 3.05) is 24.3 Å². The molecule has 32 heavy (non-hydrogen) atoms. The van der Waals surface area contributed by atoms with E-state index in [-0.39, 0.29) is 25.5 Å². The molecule has 0 spiro atoms. The Hall–Kier alpha value is -3.51. The molecule has 3 rings (SSSR count). The van der Waals surface area contributed by atoms with Crippen molar-refractivity contribution in [1.82, 2.24) is 4.98 Å². The summed E-state index contributed by atoms with van der Waals surface area (Å²) < 4.78 is 0. The lowest BCUT2D eigenvalue weighted by Gasteiger charge is -2.16. The number of anilines is 2. The fourth-order valence-electron chi connectivity index (χ4n) is 3.02. The zero-order chi connectivity index (χ0) is 22.5. The number of halogens is 1. The summed E-state index contributed by atoms with van der Waals surface area (Å²) in [7, 11) is 3.77. The van der Waals surface area contributed by atoms with Crippen LogP contribution in [-0.2, 0) is 6.42 Å². The van der Waals surface area contributed by atoms with Gasteiger partial charge in [0.25, 0.3) is 5.91 Å². The number of benzene rings is 2. The molecule has 0 fully saturated rings. The minimum atomic E-state index is -0.351. The van der Waals surface area contributed by atoms with Crippen molar-refractivity contribution in [3.8, 4) is 0 Å². The summed E-state index contributed by atoms with van der Waals surface area (Å²) in [4.78, 5) is 31.9. The third kappa shape index (κ3) is 6.02. The number of carbonyl (C=O) groups is 2. The van der Waals surface area contributed by atoms with Gasteiger partial charge in [-0.05, 0) is 42.3 Å². The summed E-state index contributed by atoms with van der Waals surface area (Å²) >= 11 is 5.86. The second kappa shape index (κ2) is 10.7. The Morgan fingerprint density at radius 2 is 1.69 bits per heavy atom. The molecule has 0 atom stereocenters. The van der Waals surface area contributed by atoms with E-state index in [1.54, 1.807) is 55.5 Å². The largest absolute Gasteiger partial charge is 0.378 e. The van der Waals surface area contributed by atoms with Gasteiger partial charge in [0.2, 0.25) is 0 Å². The van der Waals surface area contributed by atoms with Crippen LogP contribution in [0.2, 0.25) is 5.02 Å². The topological polar surface area (TPSA) is 86.2 Å². The first-order valence-electron chi connectivity index (χ1n) is 9.66. The van der Waals surface area contributed by atoms with Crippen LogP contribution in [0.5, 0.6) is 0 Å². The molecule has 0 aliphatic carbocycles. The van der Waals surface area contributed by atoms with E-state index in [4.69, 9.17) is 17.0 Å². The highest BCUT2D eigenvalue weighted by Gasteiger charge is 2.17. The lowest BCUT2D eigenvalue weighted by Crippen LogP contribution is -2.18. The number of hydrogen-bond donors (Lipinski definition) is 2. The molecule has 0 aliphatic rings. The number of nitrogens with one attached hydrogen (secondary N) is 2. The second-order valence-electron chi connectivity index (χ2n) is 7.35. The predicted octanol–water partition coefficient (Wildman–Crippen LogP) is 5.50. The summed E-state index contributed by atoms with van der Waals surface area (Å²) in [5, 5.41) is 10.9. The fourth-order valence-corrected chi connectivity index (χ4v) is 3.13. The number of ketones is 1. The Morgan fingerprint density at radius 3 is 2.25 bits per heavy atom. The van der Waals surface area contributed by atoms with Gasteiger partial charge in [0.05, 0.1) is 5.02 Å². The van der Waals surface area contributed by atoms with Gasteiger partial charge in [0.1, 0.15) is 5.82 Å². The van der Waals surface area contributed by atoms with E-state index in [1.807, 2.05) is 25.1 Å². The van der Waals surface area contributed by atoms with Crippen molar-refractivity contribution in [3.05, 3.63) is 88.1 Å². The average Bonchev–Trinajstić information content (AvgIpc) is 2.75. The minimum Gasteiger partial charge on any atom is -0.378 e. The molecule has 1 heterocycles. The monoisotopic (exact) mass is 450 g/mol. The zero-order valence-electron chi connectivity index (χ0n) is 17.6. The van der Waals surface area contributed by atoms with Crippen LogP contribution >= 0.6 is 11.6 Å². The first-order chi connectivity index (χ1) is 14.7. The van der Waals surface area contributed by atoms with Crippen molar-refractivity contribution in [2.45, 2.75) is 20.8 Å². The third-order valence-electron chi connectivity index (χ3n) is 4.81. The Bertz CT molecular complexity index is 1120. The van der Waals surface area contributed by atoms with Gasteiger partial charge in [0.15, 0.2) is 5.78 Å². The maximum atomic E-state index is 13.0. The number of pyridine rings is 1. The number of amides is 1. The Kier molecular flexibility index (Phi) is 8.27. The third-order valence-corrected chi connectivity index (χ3v) is 5.04. The molecule has 7 heteroatoms. The average molecular weight is 451 g/mol. The van der Waals surface area contributed by atoms with Gasteiger partial charge in [0, 0.05) is 49.2 Å². The molecule has 6 nitrogen and oxygen atoms in total. The van der Waals surface area contributed by atoms with Gasteiger partial charge in [-0.1, -0.05) is 49.4 Å². The van der Waals surface area contributed by atoms with Gasteiger partial charge < -0.3 is 15.6 Å². The molecule has 2 aromatic carbocycles. The zero-order valence-corrected chi connectivity index (χ0v) is 18.3. The highest BCUT2D eigenvalue weighted by Crippen LogP contribution is 2.22. The normalized spacial score (nSPS) is 10.1. The van der Waals surface area contributed by atoms with Crippen LogP contribution in [0.15, 0.2) is 60.8 Å². The number of rotatable bonds is 7. The SMILES string of the molecule is C.CC(=N)c1ccc(C(=O)Cc2ccc(N(C)C)cc2C(=O)Nc2ccc(Cl)cn2)cc1. The number of Topliss-reactive ketones (excluding diaryl/α,β-unsaturated/α-hetero) is 1. The van der Waals surface area contributed by atoms with Crippen LogP contribution in [0.4, 0.5) is 11.5 Å². The second-order valence-corrected chi connectivity index (χ2v) is 7.79. The summed E-state index contributed by atoms with van der Waals surface area (Å²) in [5.74, 6) is -0.0823. The van der Waals surface area contributed by atoms with Crippen molar-refractivity contribution < 1.29 is 9.59 Å². The van der Waals surface area contributed by atoms with Crippen LogP contribution < -0.4 is 10.2 Å². The van der Waals surface area contributed by atoms with Crippen molar-refractivity contribution in [1.29, 1.82) is 5.41 Å². The molecular weight excluding hydrogens is 424 g/mol. The lowest BCUT2D eigenvalue weighted by molar-refractivity contribution is 0.0992. The Morgan fingerprint density at radius 1 is 1.03 bits per heavy atom. The molecule has 0 bridgehead atoms. The van der Waals surface area contributed by atoms with Crippen molar-refractivity contribution in [3.63, 3.8) is 0 Å². The first-order valence-corrected chi connectivity index (χ1v) is 10.0. The van der Waals surface area contributed by atoms with E-state index in [1.165, 1.54) is 6.20 Å². The molecule has 0 saturated heterocycles.